The van der Waals surface area contributed by atoms with Crippen LogP contribution in [-0.2, 0) is 16.0 Å². The van der Waals surface area contributed by atoms with Gasteiger partial charge in [0.05, 0.1) is 6.54 Å². The molecule has 1 N–H and O–H groups in total. The highest BCUT2D eigenvalue weighted by molar-refractivity contribution is 6.30. The summed E-state index contributed by atoms with van der Waals surface area (Å²) in [6.45, 7) is 5.60. The van der Waals surface area contributed by atoms with Crippen LogP contribution in [0.25, 0.3) is 0 Å². The van der Waals surface area contributed by atoms with Crippen molar-refractivity contribution < 1.29 is 14.3 Å². The van der Waals surface area contributed by atoms with Crippen molar-refractivity contribution >= 4 is 29.1 Å². The zero-order valence-corrected chi connectivity index (χ0v) is 16.9. The van der Waals surface area contributed by atoms with Crippen molar-refractivity contribution in [2.45, 2.75) is 27.2 Å². The monoisotopic (exact) mass is 388 g/mol. The van der Waals surface area contributed by atoms with Crippen LogP contribution in [0.2, 0.25) is 5.02 Å². The molecule has 0 heterocycles. The van der Waals surface area contributed by atoms with Gasteiger partial charge in [-0.3, -0.25) is 9.59 Å². The Bertz CT molecular complexity index is 813. The number of nitrogens with zero attached hydrogens (tertiary/aromatic N) is 1. The highest BCUT2D eigenvalue weighted by Gasteiger charge is 2.16. The zero-order chi connectivity index (χ0) is 20.0. The smallest absolute Gasteiger partial charge is 0.260 e. The van der Waals surface area contributed by atoms with Crippen molar-refractivity contribution in [2.75, 3.05) is 25.5 Å². The lowest BCUT2D eigenvalue weighted by atomic mass is 10.1. The van der Waals surface area contributed by atoms with E-state index < -0.39 is 0 Å². The molecule has 0 saturated heterocycles. The van der Waals surface area contributed by atoms with Gasteiger partial charge in [-0.1, -0.05) is 36.7 Å². The van der Waals surface area contributed by atoms with Gasteiger partial charge < -0.3 is 15.0 Å². The van der Waals surface area contributed by atoms with E-state index in [1.807, 2.05) is 45.0 Å². The summed E-state index contributed by atoms with van der Waals surface area (Å²) in [6.07, 6.45) is 0.818. The van der Waals surface area contributed by atoms with Crippen LogP contribution in [-0.4, -0.2) is 36.9 Å². The normalized spacial score (nSPS) is 10.4. The van der Waals surface area contributed by atoms with Gasteiger partial charge in [0.15, 0.2) is 6.61 Å². The maximum Gasteiger partial charge on any atom is 0.260 e. The van der Waals surface area contributed by atoms with Gasteiger partial charge in [-0.15, -0.1) is 0 Å². The minimum absolute atomic E-state index is 0.0428. The first-order valence-corrected chi connectivity index (χ1v) is 9.20. The molecular weight excluding hydrogens is 364 g/mol. The number of carbonyl (C=O) groups excluding carboxylic acids is 2. The number of anilines is 1. The van der Waals surface area contributed by atoms with Gasteiger partial charge in [-0.2, -0.15) is 0 Å². The lowest BCUT2D eigenvalue weighted by molar-refractivity contribution is -0.135. The highest BCUT2D eigenvalue weighted by atomic mass is 35.5. The third kappa shape index (κ3) is 5.73. The molecule has 144 valence electrons. The maximum atomic E-state index is 12.3. The molecule has 0 atom stereocenters. The predicted molar refractivity (Wildman–Crippen MR) is 109 cm³/mol. The molecule has 0 aliphatic rings. The van der Waals surface area contributed by atoms with Gasteiger partial charge in [-0.25, -0.2) is 0 Å². The second kappa shape index (κ2) is 9.42. The number of ether oxygens (including phenoxy) is 1. The van der Waals surface area contributed by atoms with Crippen LogP contribution in [0.5, 0.6) is 5.75 Å². The minimum atomic E-state index is -0.275. The van der Waals surface area contributed by atoms with E-state index in [0.717, 1.165) is 28.8 Å². The second-order valence-corrected chi connectivity index (χ2v) is 6.90. The van der Waals surface area contributed by atoms with Gasteiger partial charge in [-0.05, 0) is 55.2 Å². The Morgan fingerprint density at radius 3 is 2.41 bits per heavy atom. The van der Waals surface area contributed by atoms with Crippen LogP contribution in [0.3, 0.4) is 0 Å². The van der Waals surface area contributed by atoms with Crippen LogP contribution in [0, 0.1) is 13.8 Å². The average molecular weight is 389 g/mol. The van der Waals surface area contributed by atoms with E-state index in [0.29, 0.717) is 10.8 Å². The molecule has 0 aliphatic heterocycles. The van der Waals surface area contributed by atoms with Crippen LogP contribution >= 0.6 is 11.6 Å². The quantitative estimate of drug-likeness (QED) is 0.780. The van der Waals surface area contributed by atoms with Crippen LogP contribution in [0.4, 0.5) is 5.69 Å². The van der Waals surface area contributed by atoms with Gasteiger partial charge >= 0.3 is 0 Å². The number of nitrogens with one attached hydrogen (secondary N) is 1. The van der Waals surface area contributed by atoms with E-state index in [4.69, 9.17) is 16.3 Å². The van der Waals surface area contributed by atoms with Crippen molar-refractivity contribution in [2.24, 2.45) is 0 Å². The molecule has 0 fully saturated rings. The Kier molecular flexibility index (Phi) is 7.25. The van der Waals surface area contributed by atoms with Crippen molar-refractivity contribution in [1.82, 2.24) is 4.90 Å². The summed E-state index contributed by atoms with van der Waals surface area (Å²) >= 11 is 6.01. The van der Waals surface area contributed by atoms with E-state index in [2.05, 4.69) is 5.32 Å². The zero-order valence-electron chi connectivity index (χ0n) is 16.1. The molecule has 6 heteroatoms. The number of aryl methyl sites for hydroxylation is 3. The van der Waals surface area contributed by atoms with E-state index in [1.165, 1.54) is 4.90 Å². The number of likely N-dealkylation sites (N-methyl/N-ethyl adjacent to an activating group) is 1. The Morgan fingerprint density at radius 2 is 1.78 bits per heavy atom. The fourth-order valence-electron chi connectivity index (χ4n) is 2.81. The number of hydrogen-bond acceptors (Lipinski definition) is 3. The number of benzene rings is 2. The largest absolute Gasteiger partial charge is 0.483 e. The number of halogens is 1. The van der Waals surface area contributed by atoms with Crippen LogP contribution in [0.1, 0.15) is 23.6 Å². The molecule has 2 aromatic carbocycles. The average Bonchev–Trinajstić information content (AvgIpc) is 2.60. The first kappa shape index (κ1) is 20.8. The van der Waals surface area contributed by atoms with E-state index in [1.54, 1.807) is 19.2 Å². The summed E-state index contributed by atoms with van der Waals surface area (Å²) < 4.78 is 5.66. The standard InChI is InChI=1S/C21H25ClN2O3/c1-5-16-8-6-7-9-18(16)23-19(25)12-24(4)20(26)13-27-21-14(2)10-17(22)11-15(21)3/h6-11H,5,12-13H2,1-4H3,(H,23,25). The van der Waals surface area contributed by atoms with Gasteiger partial charge in [0.25, 0.3) is 5.91 Å². The number of hydrogen-bond donors (Lipinski definition) is 1. The molecule has 0 aromatic heterocycles. The topological polar surface area (TPSA) is 58.6 Å². The van der Waals surface area contributed by atoms with E-state index in [9.17, 15) is 9.59 Å². The molecule has 0 spiro atoms. The van der Waals surface area contributed by atoms with Crippen molar-refractivity contribution in [3.63, 3.8) is 0 Å². The predicted octanol–water partition coefficient (Wildman–Crippen LogP) is 4.00. The lowest BCUT2D eigenvalue weighted by Crippen LogP contribution is -2.37. The molecule has 0 aliphatic carbocycles. The Labute approximate surface area is 165 Å². The molecule has 0 bridgehead atoms. The van der Waals surface area contributed by atoms with Crippen molar-refractivity contribution in [3.8, 4) is 5.75 Å². The van der Waals surface area contributed by atoms with Crippen LogP contribution < -0.4 is 10.1 Å². The molecular formula is C21H25ClN2O3. The van der Waals surface area contributed by atoms with Gasteiger partial charge in [0.2, 0.25) is 5.91 Å². The van der Waals surface area contributed by atoms with E-state index >= 15 is 0 Å². The third-order valence-electron chi connectivity index (χ3n) is 4.24. The first-order valence-electron chi connectivity index (χ1n) is 8.83. The minimum Gasteiger partial charge on any atom is -0.483 e. The summed E-state index contributed by atoms with van der Waals surface area (Å²) in [4.78, 5) is 25.9. The summed E-state index contributed by atoms with van der Waals surface area (Å²) in [5.74, 6) is 0.121. The van der Waals surface area contributed by atoms with Crippen molar-refractivity contribution in [3.05, 3.63) is 58.1 Å². The summed E-state index contributed by atoms with van der Waals surface area (Å²) in [5.41, 5.74) is 3.56. The summed E-state index contributed by atoms with van der Waals surface area (Å²) in [7, 11) is 1.58. The fraction of sp³-hybridized carbons (Fsp3) is 0.333. The van der Waals surface area contributed by atoms with Crippen molar-refractivity contribution in [1.29, 1.82) is 0 Å². The SMILES string of the molecule is CCc1ccccc1NC(=O)CN(C)C(=O)COc1c(C)cc(Cl)cc1C. The Morgan fingerprint density at radius 1 is 1.15 bits per heavy atom. The molecule has 2 rings (SSSR count). The highest BCUT2D eigenvalue weighted by Crippen LogP contribution is 2.27. The molecule has 2 amide bonds. The van der Waals surface area contributed by atoms with Gasteiger partial charge in [0.1, 0.15) is 5.75 Å². The molecule has 0 radical (unpaired) electrons. The lowest BCUT2D eigenvalue weighted by Gasteiger charge is -2.19. The number of carbonyl (C=O) groups is 2. The van der Waals surface area contributed by atoms with Crippen LogP contribution in [0.15, 0.2) is 36.4 Å². The summed E-state index contributed by atoms with van der Waals surface area (Å²) in [5, 5.41) is 3.49. The molecule has 0 saturated carbocycles. The fourth-order valence-corrected chi connectivity index (χ4v) is 3.14. The Balaban J connectivity index is 1.91. The number of amides is 2. The number of rotatable bonds is 7. The molecule has 5 nitrogen and oxygen atoms in total. The second-order valence-electron chi connectivity index (χ2n) is 6.47. The Hall–Kier alpha value is -2.53. The third-order valence-corrected chi connectivity index (χ3v) is 4.46. The molecule has 0 unspecified atom stereocenters. The molecule has 27 heavy (non-hydrogen) atoms. The molecule has 2 aromatic rings. The summed E-state index contributed by atoms with van der Waals surface area (Å²) in [6, 6.07) is 11.2. The van der Waals surface area contributed by atoms with Gasteiger partial charge in [0, 0.05) is 17.8 Å². The first-order chi connectivity index (χ1) is 12.8. The van der Waals surface area contributed by atoms with E-state index in [-0.39, 0.29) is 25.0 Å². The maximum absolute atomic E-state index is 12.3. The number of para-hydroxylation sites is 1.